The molecule has 1 amide bonds. The lowest BCUT2D eigenvalue weighted by atomic mass is 10.1. The maximum atomic E-state index is 12.0. The van der Waals surface area contributed by atoms with Gasteiger partial charge < -0.3 is 15.2 Å². The van der Waals surface area contributed by atoms with Crippen molar-refractivity contribution in [3.05, 3.63) is 0 Å². The molecule has 2 aliphatic rings. The molecule has 5 nitrogen and oxygen atoms in total. The van der Waals surface area contributed by atoms with Gasteiger partial charge in [0.15, 0.2) is 0 Å². The fraction of sp³-hybridized carbons (Fsp3) is 0.857. The molecule has 5 heteroatoms. The smallest absolute Gasteiger partial charge is 0.307 e. The number of amides is 1. The fourth-order valence-corrected chi connectivity index (χ4v) is 3.09. The van der Waals surface area contributed by atoms with Crippen LogP contribution in [0.4, 0.5) is 0 Å². The molecule has 0 bridgehead atoms. The minimum Gasteiger partial charge on any atom is -0.481 e. The second-order valence-electron chi connectivity index (χ2n) is 6.18. The lowest BCUT2D eigenvalue weighted by Crippen LogP contribution is -2.31. The van der Waals surface area contributed by atoms with E-state index in [1.165, 1.54) is 6.42 Å². The molecule has 108 valence electrons. The Hall–Kier alpha value is -1.10. The molecule has 2 rings (SSSR count). The van der Waals surface area contributed by atoms with Gasteiger partial charge in [0.1, 0.15) is 0 Å². The fourth-order valence-electron chi connectivity index (χ4n) is 3.09. The summed E-state index contributed by atoms with van der Waals surface area (Å²) in [4.78, 5) is 23.0. The van der Waals surface area contributed by atoms with Gasteiger partial charge in [0.05, 0.1) is 17.9 Å². The van der Waals surface area contributed by atoms with E-state index in [0.717, 1.165) is 25.9 Å². The number of carboxylic acids is 1. The van der Waals surface area contributed by atoms with E-state index in [-0.39, 0.29) is 12.0 Å². The van der Waals surface area contributed by atoms with Crippen LogP contribution in [0.25, 0.3) is 0 Å². The molecule has 0 spiro atoms. The summed E-state index contributed by atoms with van der Waals surface area (Å²) >= 11 is 0. The van der Waals surface area contributed by atoms with Gasteiger partial charge in [-0.25, -0.2) is 0 Å². The highest BCUT2D eigenvalue weighted by molar-refractivity contribution is 5.91. The summed E-state index contributed by atoms with van der Waals surface area (Å²) < 4.78 is 5.59. The van der Waals surface area contributed by atoms with Gasteiger partial charge >= 0.3 is 5.97 Å². The van der Waals surface area contributed by atoms with Crippen molar-refractivity contribution in [1.29, 1.82) is 0 Å². The maximum Gasteiger partial charge on any atom is 0.307 e. The Balaban J connectivity index is 1.72. The highest BCUT2D eigenvalue weighted by Crippen LogP contribution is 2.58. The predicted octanol–water partition coefficient (Wildman–Crippen LogP) is 1.42. The van der Waals surface area contributed by atoms with E-state index < -0.39 is 23.2 Å². The molecule has 1 aliphatic heterocycles. The number of aliphatic carboxylic acids is 1. The van der Waals surface area contributed by atoms with Crippen LogP contribution in [-0.2, 0) is 14.3 Å². The zero-order valence-corrected chi connectivity index (χ0v) is 11.6. The second kappa shape index (κ2) is 5.49. The van der Waals surface area contributed by atoms with Crippen molar-refractivity contribution in [2.75, 3.05) is 13.2 Å². The van der Waals surface area contributed by atoms with Crippen molar-refractivity contribution in [2.24, 2.45) is 17.3 Å². The standard InChI is InChI=1S/C14H23NO4/c1-14(2)10(11(14)13(17)18)12(16)15-7-6-9-5-3-4-8-19-9/h9-11H,3-8H2,1-2H3,(H,15,16)(H,17,18). The highest BCUT2D eigenvalue weighted by atomic mass is 16.5. The van der Waals surface area contributed by atoms with E-state index in [1.54, 1.807) is 0 Å². The first-order valence-corrected chi connectivity index (χ1v) is 7.06. The molecular weight excluding hydrogens is 246 g/mol. The van der Waals surface area contributed by atoms with Gasteiger partial charge in [-0.1, -0.05) is 13.8 Å². The largest absolute Gasteiger partial charge is 0.481 e. The minimum absolute atomic E-state index is 0.131. The Morgan fingerprint density at radius 1 is 1.32 bits per heavy atom. The molecule has 3 atom stereocenters. The Bertz CT molecular complexity index is 360. The third kappa shape index (κ3) is 3.08. The van der Waals surface area contributed by atoms with Crippen LogP contribution in [0.5, 0.6) is 0 Å². The molecule has 0 aromatic heterocycles. The molecule has 1 heterocycles. The number of carboxylic acid groups (broad SMARTS) is 1. The summed E-state index contributed by atoms with van der Waals surface area (Å²) in [5.41, 5.74) is -0.419. The first-order chi connectivity index (χ1) is 8.94. The zero-order chi connectivity index (χ0) is 14.0. The lowest BCUT2D eigenvalue weighted by molar-refractivity contribution is -0.140. The summed E-state index contributed by atoms with van der Waals surface area (Å²) in [6.45, 7) is 5.05. The van der Waals surface area contributed by atoms with Crippen molar-refractivity contribution < 1.29 is 19.4 Å². The Morgan fingerprint density at radius 3 is 2.58 bits per heavy atom. The zero-order valence-electron chi connectivity index (χ0n) is 11.6. The molecule has 3 unspecified atom stereocenters. The monoisotopic (exact) mass is 269 g/mol. The van der Waals surface area contributed by atoms with Crippen molar-refractivity contribution >= 4 is 11.9 Å². The number of ether oxygens (including phenoxy) is 1. The van der Waals surface area contributed by atoms with Crippen LogP contribution in [0.1, 0.15) is 39.5 Å². The number of hydrogen-bond donors (Lipinski definition) is 2. The first kappa shape index (κ1) is 14.3. The van der Waals surface area contributed by atoms with Crippen LogP contribution in [0.15, 0.2) is 0 Å². The lowest BCUT2D eigenvalue weighted by Gasteiger charge is -2.22. The van der Waals surface area contributed by atoms with E-state index in [9.17, 15) is 9.59 Å². The number of carbonyl (C=O) groups excluding carboxylic acids is 1. The molecule has 2 fully saturated rings. The second-order valence-corrected chi connectivity index (χ2v) is 6.18. The maximum absolute atomic E-state index is 12.0. The van der Waals surface area contributed by atoms with Crippen molar-refractivity contribution in [2.45, 2.75) is 45.6 Å². The summed E-state index contributed by atoms with van der Waals surface area (Å²) in [7, 11) is 0. The summed E-state index contributed by atoms with van der Waals surface area (Å²) in [5.74, 6) is -1.94. The molecule has 19 heavy (non-hydrogen) atoms. The highest BCUT2D eigenvalue weighted by Gasteiger charge is 2.65. The molecule has 1 saturated carbocycles. The first-order valence-electron chi connectivity index (χ1n) is 7.06. The van der Waals surface area contributed by atoms with Gasteiger partial charge in [0.2, 0.25) is 5.91 Å². The third-order valence-electron chi connectivity index (χ3n) is 4.42. The summed E-state index contributed by atoms with van der Waals surface area (Å²) in [6, 6.07) is 0. The van der Waals surface area contributed by atoms with Crippen LogP contribution in [0.3, 0.4) is 0 Å². The van der Waals surface area contributed by atoms with Gasteiger partial charge in [0.25, 0.3) is 0 Å². The topological polar surface area (TPSA) is 75.6 Å². The molecule has 1 aliphatic carbocycles. The van der Waals surface area contributed by atoms with Gasteiger partial charge in [-0.2, -0.15) is 0 Å². The molecule has 0 radical (unpaired) electrons. The van der Waals surface area contributed by atoms with Crippen LogP contribution in [0.2, 0.25) is 0 Å². The predicted molar refractivity (Wildman–Crippen MR) is 69.6 cm³/mol. The minimum atomic E-state index is -0.874. The van der Waals surface area contributed by atoms with Crippen molar-refractivity contribution in [3.8, 4) is 0 Å². The SMILES string of the molecule is CC1(C)C(C(=O)O)C1C(=O)NCCC1CCCCO1. The molecule has 2 N–H and O–H groups in total. The van der Waals surface area contributed by atoms with E-state index >= 15 is 0 Å². The van der Waals surface area contributed by atoms with E-state index in [0.29, 0.717) is 6.54 Å². The molecule has 0 aromatic rings. The van der Waals surface area contributed by atoms with Gasteiger partial charge in [0, 0.05) is 13.2 Å². The van der Waals surface area contributed by atoms with Gasteiger partial charge in [-0.15, -0.1) is 0 Å². The molecular formula is C14H23NO4. The number of rotatable bonds is 5. The number of nitrogens with one attached hydrogen (secondary N) is 1. The summed E-state index contributed by atoms with van der Waals surface area (Å²) in [6.07, 6.45) is 4.44. The Morgan fingerprint density at radius 2 is 2.05 bits per heavy atom. The Kier molecular flexibility index (Phi) is 4.13. The third-order valence-corrected chi connectivity index (χ3v) is 4.42. The normalized spacial score (nSPS) is 32.6. The average molecular weight is 269 g/mol. The molecule has 0 aromatic carbocycles. The van der Waals surface area contributed by atoms with Gasteiger partial charge in [-0.3, -0.25) is 9.59 Å². The van der Waals surface area contributed by atoms with Crippen LogP contribution >= 0.6 is 0 Å². The van der Waals surface area contributed by atoms with Gasteiger partial charge in [-0.05, 0) is 31.1 Å². The number of hydrogen-bond acceptors (Lipinski definition) is 3. The Labute approximate surface area is 113 Å². The van der Waals surface area contributed by atoms with E-state index in [1.807, 2.05) is 13.8 Å². The van der Waals surface area contributed by atoms with Crippen LogP contribution in [-0.4, -0.2) is 36.2 Å². The average Bonchev–Trinajstić information content (AvgIpc) is 2.94. The van der Waals surface area contributed by atoms with Crippen LogP contribution in [0, 0.1) is 17.3 Å². The van der Waals surface area contributed by atoms with E-state index in [2.05, 4.69) is 5.32 Å². The van der Waals surface area contributed by atoms with E-state index in [4.69, 9.17) is 9.84 Å². The molecule has 1 saturated heterocycles. The number of carbonyl (C=O) groups is 2. The summed E-state index contributed by atoms with van der Waals surface area (Å²) in [5, 5.41) is 11.9. The van der Waals surface area contributed by atoms with Crippen LogP contribution < -0.4 is 5.32 Å². The van der Waals surface area contributed by atoms with Crippen molar-refractivity contribution in [3.63, 3.8) is 0 Å². The quantitative estimate of drug-likeness (QED) is 0.791. The van der Waals surface area contributed by atoms with Crippen molar-refractivity contribution in [1.82, 2.24) is 5.32 Å².